The highest BCUT2D eigenvalue weighted by Crippen LogP contribution is 2.22. The van der Waals surface area contributed by atoms with Crippen LogP contribution < -0.4 is 5.73 Å². The molecule has 0 aliphatic carbocycles. The van der Waals surface area contributed by atoms with Crippen molar-refractivity contribution in [2.75, 3.05) is 0 Å². The fourth-order valence-corrected chi connectivity index (χ4v) is 2.13. The number of rotatable bonds is 7. The maximum atomic E-state index is 12.7. The molecule has 27 heavy (non-hydrogen) atoms. The first-order valence-electron chi connectivity index (χ1n) is 8.19. The van der Waals surface area contributed by atoms with Crippen LogP contribution in [-0.4, -0.2) is 51.1 Å². The molecule has 0 aliphatic heterocycles. The van der Waals surface area contributed by atoms with E-state index in [4.69, 9.17) is 15.6 Å². The van der Waals surface area contributed by atoms with Crippen molar-refractivity contribution in [1.82, 2.24) is 4.90 Å². The van der Waals surface area contributed by atoms with E-state index in [2.05, 4.69) is 0 Å². The third-order valence-electron chi connectivity index (χ3n) is 3.80. The lowest BCUT2D eigenvalue weighted by molar-refractivity contribution is -0.154. The van der Waals surface area contributed by atoms with E-state index >= 15 is 0 Å². The highest BCUT2D eigenvalue weighted by Gasteiger charge is 2.42. The zero-order valence-electron chi connectivity index (χ0n) is 15.4. The Balaban J connectivity index is 3.14. The molecule has 9 heteroatoms. The molecule has 0 heterocycles. The highest BCUT2D eigenvalue weighted by molar-refractivity contribution is 6.00. The van der Waals surface area contributed by atoms with Gasteiger partial charge in [-0.3, -0.25) is 9.59 Å². The van der Waals surface area contributed by atoms with Crippen molar-refractivity contribution in [1.29, 1.82) is 0 Å². The van der Waals surface area contributed by atoms with Crippen LogP contribution in [0.3, 0.4) is 0 Å². The van der Waals surface area contributed by atoms with Gasteiger partial charge in [-0.25, -0.2) is 14.5 Å². The summed E-state index contributed by atoms with van der Waals surface area (Å²) in [6.45, 7) is 4.69. The molecule has 1 aromatic rings. The molecule has 2 amide bonds. The van der Waals surface area contributed by atoms with Crippen LogP contribution in [0.4, 0.5) is 4.79 Å². The average molecular weight is 380 g/mol. The van der Waals surface area contributed by atoms with E-state index in [1.54, 1.807) is 51.1 Å². The zero-order chi connectivity index (χ0) is 20.8. The molecule has 1 aromatic carbocycles. The van der Waals surface area contributed by atoms with Crippen LogP contribution in [-0.2, 0) is 25.7 Å². The summed E-state index contributed by atoms with van der Waals surface area (Å²) < 4.78 is 5.04. The van der Waals surface area contributed by atoms with E-state index in [9.17, 15) is 24.3 Å². The Kier molecular flexibility index (Phi) is 7.47. The summed E-state index contributed by atoms with van der Waals surface area (Å²) >= 11 is 0. The molecule has 4 N–H and O–H groups in total. The summed E-state index contributed by atoms with van der Waals surface area (Å²) in [7, 11) is 0. The molecule has 0 aromatic heterocycles. The maximum Gasteiger partial charge on any atom is 0.417 e. The van der Waals surface area contributed by atoms with Gasteiger partial charge in [0.25, 0.3) is 0 Å². The van der Waals surface area contributed by atoms with Crippen molar-refractivity contribution in [2.45, 2.75) is 45.9 Å². The summed E-state index contributed by atoms with van der Waals surface area (Å²) in [5.41, 5.74) is 5.69. The number of aliphatic carboxylic acids is 2. The van der Waals surface area contributed by atoms with Gasteiger partial charge in [0.15, 0.2) is 6.04 Å². The minimum Gasteiger partial charge on any atom is -0.481 e. The van der Waals surface area contributed by atoms with Gasteiger partial charge in [-0.15, -0.1) is 0 Å². The van der Waals surface area contributed by atoms with Crippen LogP contribution in [0.1, 0.15) is 32.8 Å². The molecule has 1 rings (SSSR count). The number of carboxylic acid groups (broad SMARTS) is 2. The molecule has 0 unspecified atom stereocenters. The van der Waals surface area contributed by atoms with E-state index in [0.717, 1.165) is 0 Å². The lowest BCUT2D eigenvalue weighted by Crippen LogP contribution is -2.58. The fraction of sp³-hybridized carbons (Fsp3) is 0.444. The number of benzene rings is 1. The van der Waals surface area contributed by atoms with E-state index < -0.39 is 47.9 Å². The number of carboxylic acids is 2. The molecule has 0 fully saturated rings. The van der Waals surface area contributed by atoms with Gasteiger partial charge in [0.2, 0.25) is 5.91 Å². The third-order valence-corrected chi connectivity index (χ3v) is 3.80. The number of hydrogen-bond acceptors (Lipinski definition) is 6. The Hall–Kier alpha value is -2.94. The molecular weight excluding hydrogens is 356 g/mol. The first-order chi connectivity index (χ1) is 12.4. The summed E-state index contributed by atoms with van der Waals surface area (Å²) in [6.07, 6.45) is -2.24. The van der Waals surface area contributed by atoms with E-state index in [1.165, 1.54) is 0 Å². The Morgan fingerprint density at radius 3 is 2.11 bits per heavy atom. The Bertz CT molecular complexity index is 697. The number of ether oxygens (including phenoxy) is 1. The smallest absolute Gasteiger partial charge is 0.417 e. The molecular formula is C18H24N2O7. The van der Waals surface area contributed by atoms with Crippen molar-refractivity contribution >= 4 is 23.9 Å². The molecule has 9 nitrogen and oxygen atoms in total. The molecule has 0 spiro atoms. The van der Waals surface area contributed by atoms with Gasteiger partial charge in [-0.1, -0.05) is 51.1 Å². The third kappa shape index (κ3) is 6.37. The second-order valence-electron chi connectivity index (χ2n) is 7.04. The monoisotopic (exact) mass is 380 g/mol. The van der Waals surface area contributed by atoms with E-state index in [-0.39, 0.29) is 11.5 Å². The van der Waals surface area contributed by atoms with Gasteiger partial charge in [-0.2, -0.15) is 0 Å². The van der Waals surface area contributed by atoms with Crippen LogP contribution >= 0.6 is 0 Å². The van der Waals surface area contributed by atoms with Gasteiger partial charge >= 0.3 is 18.0 Å². The number of carbonyl (C=O) groups excluding carboxylic acids is 2. The number of carbonyl (C=O) groups is 4. The van der Waals surface area contributed by atoms with E-state index in [0.29, 0.717) is 5.56 Å². The molecule has 0 bridgehead atoms. The normalized spacial score (nSPS) is 13.3. The first kappa shape index (κ1) is 22.1. The number of imide groups is 1. The molecule has 0 saturated heterocycles. The summed E-state index contributed by atoms with van der Waals surface area (Å²) in [5.74, 6) is -4.15. The van der Waals surface area contributed by atoms with Gasteiger partial charge in [0.1, 0.15) is 6.61 Å². The number of nitrogens with two attached hydrogens (primary N) is 1. The topological polar surface area (TPSA) is 147 Å². The standard InChI is InChI=1S/C18H24N2O7/c1-18(2,3)14(19)15(23)20(12(16(24)25)9-13(21)22)17(26)27-10-11-7-5-4-6-8-11/h4-8,12,14H,9-10,19H2,1-3H3,(H,21,22)(H,24,25)/t12-,14+/m0/s1. The number of hydrogen-bond donors (Lipinski definition) is 3. The van der Waals surface area contributed by atoms with Gasteiger partial charge in [-0.05, 0) is 11.0 Å². The summed E-state index contributed by atoms with van der Waals surface area (Å²) in [5, 5.41) is 18.3. The minimum absolute atomic E-state index is 0.215. The van der Waals surface area contributed by atoms with Gasteiger partial charge in [0, 0.05) is 0 Å². The quantitative estimate of drug-likeness (QED) is 0.644. The zero-order valence-corrected chi connectivity index (χ0v) is 15.4. The fourth-order valence-electron chi connectivity index (χ4n) is 2.13. The number of amides is 2. The first-order valence-corrected chi connectivity index (χ1v) is 8.19. The number of nitrogens with zero attached hydrogens (tertiary/aromatic N) is 1. The maximum absolute atomic E-state index is 12.7. The van der Waals surface area contributed by atoms with Crippen molar-refractivity contribution in [2.24, 2.45) is 11.1 Å². The lowest BCUT2D eigenvalue weighted by Gasteiger charge is -2.32. The van der Waals surface area contributed by atoms with Crippen molar-refractivity contribution < 1.29 is 34.1 Å². The molecule has 0 aliphatic rings. The van der Waals surface area contributed by atoms with Crippen molar-refractivity contribution in [3.05, 3.63) is 35.9 Å². The predicted octanol–water partition coefficient (Wildman–Crippen LogP) is 1.45. The molecule has 2 atom stereocenters. The average Bonchev–Trinajstić information content (AvgIpc) is 2.58. The van der Waals surface area contributed by atoms with Crippen molar-refractivity contribution in [3.63, 3.8) is 0 Å². The largest absolute Gasteiger partial charge is 0.481 e. The lowest BCUT2D eigenvalue weighted by atomic mass is 9.86. The highest BCUT2D eigenvalue weighted by atomic mass is 16.6. The molecule has 0 radical (unpaired) electrons. The van der Waals surface area contributed by atoms with E-state index in [1.807, 2.05) is 0 Å². The van der Waals surface area contributed by atoms with Gasteiger partial charge in [0.05, 0.1) is 12.5 Å². The molecule has 148 valence electrons. The van der Waals surface area contributed by atoms with Crippen LogP contribution in [0.15, 0.2) is 30.3 Å². The summed E-state index contributed by atoms with van der Waals surface area (Å²) in [4.78, 5) is 48.0. The second kappa shape index (κ2) is 9.13. The van der Waals surface area contributed by atoms with Crippen LogP contribution in [0.25, 0.3) is 0 Å². The Morgan fingerprint density at radius 1 is 1.11 bits per heavy atom. The Morgan fingerprint density at radius 2 is 1.67 bits per heavy atom. The summed E-state index contributed by atoms with van der Waals surface area (Å²) in [6, 6.07) is 5.36. The van der Waals surface area contributed by atoms with Gasteiger partial charge < -0.3 is 20.7 Å². The Labute approximate surface area is 156 Å². The minimum atomic E-state index is -1.94. The SMILES string of the molecule is CC(C)(C)[C@H](N)C(=O)N(C(=O)OCc1ccccc1)[C@@H](CC(=O)O)C(=O)O. The van der Waals surface area contributed by atoms with Crippen LogP contribution in [0, 0.1) is 5.41 Å². The van der Waals surface area contributed by atoms with Crippen LogP contribution in [0.5, 0.6) is 0 Å². The predicted molar refractivity (Wildman–Crippen MR) is 94.6 cm³/mol. The van der Waals surface area contributed by atoms with Crippen molar-refractivity contribution in [3.8, 4) is 0 Å². The molecule has 0 saturated carbocycles. The van der Waals surface area contributed by atoms with Crippen LogP contribution in [0.2, 0.25) is 0 Å². The second-order valence-corrected chi connectivity index (χ2v) is 7.04.